The summed E-state index contributed by atoms with van der Waals surface area (Å²) >= 11 is 0. The van der Waals surface area contributed by atoms with Crippen LogP contribution in [0.3, 0.4) is 0 Å². The number of aromatic nitrogens is 6. The van der Waals surface area contributed by atoms with Crippen molar-refractivity contribution in [3.8, 4) is 68.3 Å². The topological polar surface area (TPSA) is 104 Å². The molecule has 0 radical (unpaired) electrons. The third-order valence-corrected chi connectivity index (χ3v) is 10.0. The van der Waals surface area contributed by atoms with E-state index in [1.165, 1.54) is 0 Å². The summed E-state index contributed by atoms with van der Waals surface area (Å²) in [6.45, 7) is 0. The fourth-order valence-corrected chi connectivity index (χ4v) is 7.38. The molecule has 0 saturated carbocycles. The summed E-state index contributed by atoms with van der Waals surface area (Å²) in [4.78, 5) is 30.3. The summed E-state index contributed by atoms with van der Waals surface area (Å²) in [5.74, 6) is 3.38. The highest BCUT2D eigenvalue weighted by molar-refractivity contribution is 6.13. The van der Waals surface area contributed by atoms with E-state index < -0.39 is 0 Å². The second-order valence-corrected chi connectivity index (χ2v) is 13.5. The SMILES string of the molecule is c1ccc(-c2nc(-c3ccc4oc5cccc(-c6nc(-c7ccccc7)nc(-c7ccccc7)n6)c5c4c3)nc(-c3cccc4oc5ccccc5c34)n2)cc1. The fraction of sp³-hybridized carbons (Fsp3) is 0. The number of hydrogen-bond acceptors (Lipinski definition) is 8. The zero-order chi connectivity index (χ0) is 37.0. The first-order chi connectivity index (χ1) is 27.7. The molecule has 0 saturated heterocycles. The van der Waals surface area contributed by atoms with Gasteiger partial charge in [-0.05, 0) is 36.4 Å². The number of benzene rings is 7. The lowest BCUT2D eigenvalue weighted by atomic mass is 10.0. The zero-order valence-corrected chi connectivity index (χ0v) is 29.7. The average Bonchev–Trinajstić information content (AvgIpc) is 3.85. The van der Waals surface area contributed by atoms with Gasteiger partial charge in [-0.25, -0.2) is 29.9 Å². The molecule has 56 heavy (non-hydrogen) atoms. The summed E-state index contributed by atoms with van der Waals surface area (Å²) in [5.41, 5.74) is 8.22. The smallest absolute Gasteiger partial charge is 0.164 e. The van der Waals surface area contributed by atoms with Crippen LogP contribution in [0.2, 0.25) is 0 Å². The minimum absolute atomic E-state index is 0.533. The molecule has 0 bridgehead atoms. The quantitative estimate of drug-likeness (QED) is 0.167. The molecule has 4 aromatic heterocycles. The zero-order valence-electron chi connectivity index (χ0n) is 29.7. The Balaban J connectivity index is 1.12. The standard InChI is InChI=1S/C48H28N6O2/c1-4-14-29(15-5-1)43-49-44(30-16-6-2-7-17-30)52-48(51-43)35-22-13-25-40-42(35)36-28-32(26-27-38(36)56-40)46-50-45(31-18-8-3-9-19-31)53-47(54-46)34-21-12-24-39-41(34)33-20-10-11-23-37(33)55-39/h1-28H. The minimum atomic E-state index is 0.533. The minimum Gasteiger partial charge on any atom is -0.456 e. The van der Waals surface area contributed by atoms with Crippen molar-refractivity contribution in [3.05, 3.63) is 170 Å². The third kappa shape index (κ3) is 5.39. The van der Waals surface area contributed by atoms with Crippen LogP contribution in [-0.2, 0) is 0 Å². The molecule has 0 spiro atoms. The molecule has 7 aromatic carbocycles. The first-order valence-corrected chi connectivity index (χ1v) is 18.3. The van der Waals surface area contributed by atoms with Crippen molar-refractivity contribution in [2.75, 3.05) is 0 Å². The van der Waals surface area contributed by atoms with Gasteiger partial charge in [-0.15, -0.1) is 0 Å². The second-order valence-electron chi connectivity index (χ2n) is 13.5. The lowest BCUT2D eigenvalue weighted by molar-refractivity contribution is 0.668. The van der Waals surface area contributed by atoms with Crippen LogP contribution in [0.5, 0.6) is 0 Å². The van der Waals surface area contributed by atoms with Crippen LogP contribution >= 0.6 is 0 Å². The molecule has 8 heteroatoms. The van der Waals surface area contributed by atoms with Gasteiger partial charge in [0, 0.05) is 54.9 Å². The first-order valence-electron chi connectivity index (χ1n) is 18.3. The Bertz CT molecular complexity index is 3190. The Morgan fingerprint density at radius 1 is 0.268 bits per heavy atom. The molecular formula is C48H28N6O2. The summed E-state index contributed by atoms with van der Waals surface area (Å²) in [6, 6.07) is 56.0. The predicted octanol–water partition coefficient (Wildman–Crippen LogP) is 11.9. The molecule has 8 nitrogen and oxygen atoms in total. The number of furan rings is 2. The third-order valence-electron chi connectivity index (χ3n) is 10.0. The van der Waals surface area contributed by atoms with E-state index in [1.807, 2.05) is 158 Å². The Morgan fingerprint density at radius 3 is 1.18 bits per heavy atom. The van der Waals surface area contributed by atoms with E-state index in [-0.39, 0.29) is 0 Å². The predicted molar refractivity (Wildman–Crippen MR) is 220 cm³/mol. The van der Waals surface area contributed by atoms with Gasteiger partial charge in [0.1, 0.15) is 22.3 Å². The van der Waals surface area contributed by atoms with E-state index in [0.717, 1.165) is 77.3 Å². The summed E-state index contributed by atoms with van der Waals surface area (Å²) in [7, 11) is 0. The van der Waals surface area contributed by atoms with E-state index in [9.17, 15) is 0 Å². The van der Waals surface area contributed by atoms with Gasteiger partial charge in [0.05, 0.1) is 0 Å². The maximum atomic E-state index is 6.47. The van der Waals surface area contributed by atoms with Gasteiger partial charge in [-0.1, -0.05) is 133 Å². The lowest BCUT2D eigenvalue weighted by Crippen LogP contribution is -2.00. The van der Waals surface area contributed by atoms with Crippen LogP contribution in [0.15, 0.2) is 179 Å². The molecule has 11 rings (SSSR count). The summed E-state index contributed by atoms with van der Waals surface area (Å²) < 4.78 is 12.7. The highest BCUT2D eigenvalue weighted by Gasteiger charge is 2.21. The normalized spacial score (nSPS) is 11.6. The molecule has 0 atom stereocenters. The van der Waals surface area contributed by atoms with Crippen LogP contribution in [0.1, 0.15) is 0 Å². The van der Waals surface area contributed by atoms with Gasteiger partial charge in [0.2, 0.25) is 0 Å². The Kier molecular flexibility index (Phi) is 7.31. The van der Waals surface area contributed by atoms with Gasteiger partial charge in [0.25, 0.3) is 0 Å². The van der Waals surface area contributed by atoms with Gasteiger partial charge in [0.15, 0.2) is 34.9 Å². The monoisotopic (exact) mass is 720 g/mol. The number of rotatable bonds is 6. The molecule has 0 N–H and O–H groups in total. The lowest BCUT2D eigenvalue weighted by Gasteiger charge is -2.10. The largest absolute Gasteiger partial charge is 0.456 e. The van der Waals surface area contributed by atoms with Crippen molar-refractivity contribution in [1.29, 1.82) is 0 Å². The van der Waals surface area contributed by atoms with Crippen LogP contribution in [-0.4, -0.2) is 29.9 Å². The van der Waals surface area contributed by atoms with E-state index in [0.29, 0.717) is 34.9 Å². The molecule has 0 aliphatic carbocycles. The fourth-order valence-electron chi connectivity index (χ4n) is 7.38. The molecule has 0 unspecified atom stereocenters. The van der Waals surface area contributed by atoms with Crippen LogP contribution in [0.25, 0.3) is 112 Å². The van der Waals surface area contributed by atoms with E-state index in [4.69, 9.17) is 38.7 Å². The van der Waals surface area contributed by atoms with Crippen molar-refractivity contribution in [2.45, 2.75) is 0 Å². The van der Waals surface area contributed by atoms with Gasteiger partial charge in [-0.3, -0.25) is 0 Å². The maximum Gasteiger partial charge on any atom is 0.164 e. The molecule has 0 aliphatic heterocycles. The number of para-hydroxylation sites is 1. The second kappa shape index (κ2) is 12.9. The molecule has 4 heterocycles. The number of nitrogens with zero attached hydrogens (tertiary/aromatic N) is 6. The van der Waals surface area contributed by atoms with Gasteiger partial charge >= 0.3 is 0 Å². The Morgan fingerprint density at radius 2 is 0.661 bits per heavy atom. The Labute approximate surface area is 319 Å². The Hall–Kier alpha value is -7.84. The molecule has 0 aliphatic rings. The van der Waals surface area contributed by atoms with E-state index in [1.54, 1.807) is 0 Å². The van der Waals surface area contributed by atoms with Crippen molar-refractivity contribution in [1.82, 2.24) is 29.9 Å². The van der Waals surface area contributed by atoms with Gasteiger partial charge < -0.3 is 8.83 Å². The highest BCUT2D eigenvalue weighted by atomic mass is 16.3. The maximum absolute atomic E-state index is 6.47. The molecular weight excluding hydrogens is 693 g/mol. The average molecular weight is 721 g/mol. The van der Waals surface area contributed by atoms with Crippen LogP contribution in [0.4, 0.5) is 0 Å². The number of fused-ring (bicyclic) bond motifs is 6. The molecule has 0 amide bonds. The summed E-state index contributed by atoms with van der Waals surface area (Å²) in [6.07, 6.45) is 0. The van der Waals surface area contributed by atoms with Gasteiger partial charge in [-0.2, -0.15) is 0 Å². The summed E-state index contributed by atoms with van der Waals surface area (Å²) in [5, 5.41) is 3.74. The molecule has 262 valence electrons. The van der Waals surface area contributed by atoms with Crippen molar-refractivity contribution < 1.29 is 8.83 Å². The van der Waals surface area contributed by atoms with Crippen LogP contribution in [0, 0.1) is 0 Å². The van der Waals surface area contributed by atoms with Crippen molar-refractivity contribution in [3.63, 3.8) is 0 Å². The molecule has 0 fully saturated rings. The first kappa shape index (κ1) is 31.7. The van der Waals surface area contributed by atoms with Crippen molar-refractivity contribution >= 4 is 43.9 Å². The van der Waals surface area contributed by atoms with E-state index >= 15 is 0 Å². The van der Waals surface area contributed by atoms with Crippen LogP contribution < -0.4 is 0 Å². The molecule has 11 aromatic rings. The van der Waals surface area contributed by atoms with Crippen molar-refractivity contribution in [2.24, 2.45) is 0 Å². The van der Waals surface area contributed by atoms with E-state index in [2.05, 4.69) is 12.1 Å². The highest BCUT2D eigenvalue weighted by Crippen LogP contribution is 2.40. The number of hydrogen-bond donors (Lipinski definition) is 0.